The van der Waals surface area contributed by atoms with Gasteiger partial charge in [0.2, 0.25) is 17.6 Å². The third-order valence-corrected chi connectivity index (χ3v) is 4.03. The van der Waals surface area contributed by atoms with Gasteiger partial charge in [-0.25, -0.2) is 4.79 Å². The van der Waals surface area contributed by atoms with Gasteiger partial charge in [0, 0.05) is 38.7 Å². The van der Waals surface area contributed by atoms with Crippen molar-refractivity contribution in [1.29, 1.82) is 0 Å². The maximum absolute atomic E-state index is 11.3. The average Bonchev–Trinajstić information content (AvgIpc) is 3.04. The highest BCUT2D eigenvalue weighted by atomic mass is 16.5. The summed E-state index contributed by atoms with van der Waals surface area (Å²) in [5.74, 6) is 0.0625. The molecule has 0 saturated carbocycles. The van der Waals surface area contributed by atoms with Gasteiger partial charge in [0.25, 0.3) is 0 Å². The summed E-state index contributed by atoms with van der Waals surface area (Å²) in [6.45, 7) is 5.05. The van der Waals surface area contributed by atoms with E-state index in [-0.39, 0.29) is 11.5 Å². The van der Waals surface area contributed by atoms with E-state index >= 15 is 0 Å². The zero-order chi connectivity index (χ0) is 17.1. The highest BCUT2D eigenvalue weighted by molar-refractivity contribution is 5.88. The SMILES string of the molecule is CC(=O)N1CCN(Cc2nc(-c3ccc(C(=O)O)cc3)no2)CC1. The minimum absolute atomic E-state index is 0.0968. The van der Waals surface area contributed by atoms with Gasteiger partial charge in [-0.15, -0.1) is 0 Å². The third-order valence-electron chi connectivity index (χ3n) is 4.03. The number of hydrogen-bond donors (Lipinski definition) is 1. The van der Waals surface area contributed by atoms with E-state index in [0.29, 0.717) is 36.9 Å². The Balaban J connectivity index is 1.61. The van der Waals surface area contributed by atoms with Crippen LogP contribution in [0.5, 0.6) is 0 Å². The van der Waals surface area contributed by atoms with E-state index in [1.54, 1.807) is 19.1 Å². The predicted octanol–water partition coefficient (Wildman–Crippen LogP) is 1.10. The minimum atomic E-state index is -0.972. The van der Waals surface area contributed by atoms with Crippen molar-refractivity contribution in [3.8, 4) is 11.4 Å². The van der Waals surface area contributed by atoms with Crippen LogP contribution in [0.4, 0.5) is 0 Å². The molecular weight excluding hydrogens is 312 g/mol. The fourth-order valence-electron chi connectivity index (χ4n) is 2.61. The average molecular weight is 330 g/mol. The number of piperazine rings is 1. The Hall–Kier alpha value is -2.74. The number of nitrogens with zero attached hydrogens (tertiary/aromatic N) is 4. The largest absolute Gasteiger partial charge is 0.478 e. The van der Waals surface area contributed by atoms with E-state index in [2.05, 4.69) is 15.0 Å². The van der Waals surface area contributed by atoms with Crippen LogP contribution in [0.15, 0.2) is 28.8 Å². The quantitative estimate of drug-likeness (QED) is 0.896. The van der Waals surface area contributed by atoms with Gasteiger partial charge in [-0.05, 0) is 12.1 Å². The lowest BCUT2D eigenvalue weighted by molar-refractivity contribution is -0.130. The van der Waals surface area contributed by atoms with E-state index < -0.39 is 5.97 Å². The van der Waals surface area contributed by atoms with Gasteiger partial charge < -0.3 is 14.5 Å². The molecule has 8 heteroatoms. The molecule has 1 aliphatic heterocycles. The van der Waals surface area contributed by atoms with E-state index in [1.807, 2.05) is 4.90 Å². The summed E-state index contributed by atoms with van der Waals surface area (Å²) in [5, 5.41) is 12.9. The van der Waals surface area contributed by atoms with Crippen LogP contribution in [0.1, 0.15) is 23.2 Å². The van der Waals surface area contributed by atoms with E-state index in [4.69, 9.17) is 9.63 Å². The van der Waals surface area contributed by atoms with Gasteiger partial charge in [-0.2, -0.15) is 4.98 Å². The molecule has 0 spiro atoms. The molecule has 3 rings (SSSR count). The fraction of sp³-hybridized carbons (Fsp3) is 0.375. The Morgan fingerprint density at radius 2 is 1.83 bits per heavy atom. The summed E-state index contributed by atoms with van der Waals surface area (Å²) in [6, 6.07) is 6.33. The van der Waals surface area contributed by atoms with Gasteiger partial charge in [-0.3, -0.25) is 9.69 Å². The van der Waals surface area contributed by atoms with Crippen LogP contribution in [0.25, 0.3) is 11.4 Å². The highest BCUT2D eigenvalue weighted by Crippen LogP contribution is 2.17. The highest BCUT2D eigenvalue weighted by Gasteiger charge is 2.20. The Morgan fingerprint density at radius 1 is 1.17 bits per heavy atom. The minimum Gasteiger partial charge on any atom is -0.478 e. The molecule has 24 heavy (non-hydrogen) atoms. The summed E-state index contributed by atoms with van der Waals surface area (Å²) in [5.41, 5.74) is 0.919. The number of amides is 1. The van der Waals surface area contributed by atoms with Gasteiger partial charge in [0.05, 0.1) is 12.1 Å². The van der Waals surface area contributed by atoms with Crippen LogP contribution in [0.3, 0.4) is 0 Å². The first-order chi connectivity index (χ1) is 11.5. The van der Waals surface area contributed by atoms with Crippen molar-refractivity contribution in [3.05, 3.63) is 35.7 Å². The number of benzene rings is 1. The van der Waals surface area contributed by atoms with E-state index in [1.165, 1.54) is 12.1 Å². The van der Waals surface area contributed by atoms with E-state index in [0.717, 1.165) is 13.1 Å². The van der Waals surface area contributed by atoms with Crippen molar-refractivity contribution in [2.24, 2.45) is 0 Å². The van der Waals surface area contributed by atoms with Crippen LogP contribution < -0.4 is 0 Å². The van der Waals surface area contributed by atoms with Crippen LogP contribution in [-0.4, -0.2) is 63.1 Å². The van der Waals surface area contributed by atoms with Crippen molar-refractivity contribution in [2.75, 3.05) is 26.2 Å². The lowest BCUT2D eigenvalue weighted by Gasteiger charge is -2.33. The number of hydrogen-bond acceptors (Lipinski definition) is 6. The molecule has 0 aliphatic carbocycles. The van der Waals surface area contributed by atoms with Gasteiger partial charge in [0.1, 0.15) is 0 Å². The monoisotopic (exact) mass is 330 g/mol. The molecule has 1 N–H and O–H groups in total. The zero-order valence-corrected chi connectivity index (χ0v) is 13.3. The molecule has 0 unspecified atom stereocenters. The zero-order valence-electron chi connectivity index (χ0n) is 13.3. The summed E-state index contributed by atoms with van der Waals surface area (Å²) in [7, 11) is 0. The van der Waals surface area contributed by atoms with Crippen LogP contribution >= 0.6 is 0 Å². The maximum Gasteiger partial charge on any atom is 0.335 e. The molecular formula is C16H18N4O4. The number of carbonyl (C=O) groups excluding carboxylic acids is 1. The van der Waals surface area contributed by atoms with Crippen LogP contribution in [0, 0.1) is 0 Å². The molecule has 2 aromatic rings. The molecule has 8 nitrogen and oxygen atoms in total. The number of carbonyl (C=O) groups is 2. The topological polar surface area (TPSA) is 99.8 Å². The van der Waals surface area contributed by atoms with Crippen LogP contribution in [-0.2, 0) is 11.3 Å². The molecule has 0 atom stereocenters. The Bertz CT molecular complexity index is 733. The summed E-state index contributed by atoms with van der Waals surface area (Å²) in [4.78, 5) is 30.5. The number of rotatable bonds is 4. The Labute approximate surface area is 138 Å². The normalized spacial score (nSPS) is 15.5. The van der Waals surface area contributed by atoms with Crippen molar-refractivity contribution in [1.82, 2.24) is 19.9 Å². The van der Waals surface area contributed by atoms with Crippen molar-refractivity contribution in [2.45, 2.75) is 13.5 Å². The van der Waals surface area contributed by atoms with Crippen molar-refractivity contribution in [3.63, 3.8) is 0 Å². The summed E-state index contributed by atoms with van der Waals surface area (Å²) >= 11 is 0. The first kappa shape index (κ1) is 16.1. The van der Waals surface area contributed by atoms with Crippen molar-refractivity contribution < 1.29 is 19.2 Å². The molecule has 0 radical (unpaired) electrons. The van der Waals surface area contributed by atoms with Gasteiger partial charge in [0.15, 0.2) is 0 Å². The Morgan fingerprint density at radius 3 is 2.42 bits per heavy atom. The standard InChI is InChI=1S/C16H18N4O4/c1-11(21)20-8-6-19(7-9-20)10-14-17-15(18-24-14)12-2-4-13(5-3-12)16(22)23/h2-5H,6-10H2,1H3,(H,22,23). The second-order valence-electron chi connectivity index (χ2n) is 5.68. The second-order valence-corrected chi connectivity index (χ2v) is 5.68. The first-order valence-corrected chi connectivity index (χ1v) is 7.67. The number of carboxylic acid groups (broad SMARTS) is 1. The predicted molar refractivity (Wildman–Crippen MR) is 84.2 cm³/mol. The molecule has 0 bridgehead atoms. The fourth-order valence-corrected chi connectivity index (χ4v) is 2.61. The third kappa shape index (κ3) is 3.60. The number of aromatic carboxylic acids is 1. The van der Waals surface area contributed by atoms with Gasteiger partial charge >= 0.3 is 5.97 Å². The second kappa shape index (κ2) is 6.79. The summed E-state index contributed by atoms with van der Waals surface area (Å²) < 4.78 is 5.27. The van der Waals surface area contributed by atoms with Gasteiger partial charge in [-0.1, -0.05) is 17.3 Å². The number of aromatic nitrogens is 2. The lowest BCUT2D eigenvalue weighted by atomic mass is 10.1. The maximum atomic E-state index is 11.3. The molecule has 1 aromatic heterocycles. The van der Waals surface area contributed by atoms with Crippen LogP contribution in [0.2, 0.25) is 0 Å². The molecule has 1 saturated heterocycles. The Kier molecular flexibility index (Phi) is 4.57. The molecule has 1 aliphatic rings. The first-order valence-electron chi connectivity index (χ1n) is 7.67. The molecule has 1 aromatic carbocycles. The summed E-state index contributed by atoms with van der Waals surface area (Å²) in [6.07, 6.45) is 0. The molecule has 1 fully saturated rings. The number of carboxylic acids is 1. The lowest BCUT2D eigenvalue weighted by Crippen LogP contribution is -2.47. The molecule has 126 valence electrons. The molecule has 2 heterocycles. The smallest absolute Gasteiger partial charge is 0.335 e. The molecule has 1 amide bonds. The van der Waals surface area contributed by atoms with Crippen molar-refractivity contribution >= 4 is 11.9 Å². The van der Waals surface area contributed by atoms with E-state index in [9.17, 15) is 9.59 Å².